The number of aryl methyl sites for hydroxylation is 1. The first-order valence-electron chi connectivity index (χ1n) is 9.15. The van der Waals surface area contributed by atoms with E-state index in [1.165, 1.54) is 5.56 Å². The van der Waals surface area contributed by atoms with Gasteiger partial charge in [-0.3, -0.25) is 9.69 Å². The van der Waals surface area contributed by atoms with Gasteiger partial charge in [-0.25, -0.2) is 9.67 Å². The fraction of sp³-hybridized carbons (Fsp3) is 0.526. The fourth-order valence-corrected chi connectivity index (χ4v) is 3.60. The van der Waals surface area contributed by atoms with Crippen LogP contribution in [0.5, 0.6) is 0 Å². The summed E-state index contributed by atoms with van der Waals surface area (Å²) in [5.74, 6) is 0.0757. The van der Waals surface area contributed by atoms with Gasteiger partial charge < -0.3 is 10.4 Å². The number of hydrogen-bond acceptors (Lipinski definition) is 5. The van der Waals surface area contributed by atoms with E-state index in [9.17, 15) is 4.79 Å². The molecule has 2 aromatic rings. The van der Waals surface area contributed by atoms with Crippen LogP contribution in [0.4, 0.5) is 0 Å². The summed E-state index contributed by atoms with van der Waals surface area (Å²) in [6.45, 7) is 7.79. The van der Waals surface area contributed by atoms with Gasteiger partial charge in [0, 0.05) is 36.1 Å². The van der Waals surface area contributed by atoms with Crippen molar-refractivity contribution in [3.05, 3.63) is 41.3 Å². The lowest BCUT2D eigenvalue weighted by atomic mass is 9.85. The Balaban J connectivity index is 1.57. The molecule has 0 aromatic carbocycles. The van der Waals surface area contributed by atoms with Crippen LogP contribution >= 0.6 is 0 Å². The maximum absolute atomic E-state index is 10.9. The summed E-state index contributed by atoms with van der Waals surface area (Å²) < 4.78 is 1.89. The first-order chi connectivity index (χ1) is 12.5. The molecule has 1 saturated carbocycles. The Kier molecular flexibility index (Phi) is 5.68. The van der Waals surface area contributed by atoms with Crippen molar-refractivity contribution in [3.8, 4) is 5.82 Å². The van der Waals surface area contributed by atoms with Crippen LogP contribution in [0.25, 0.3) is 5.82 Å². The summed E-state index contributed by atoms with van der Waals surface area (Å²) >= 11 is 0. The van der Waals surface area contributed by atoms with Crippen molar-refractivity contribution < 1.29 is 9.90 Å². The van der Waals surface area contributed by atoms with Gasteiger partial charge in [-0.15, -0.1) is 0 Å². The molecule has 2 N–H and O–H groups in total. The second-order valence-electron chi connectivity index (χ2n) is 6.91. The van der Waals surface area contributed by atoms with Crippen molar-refractivity contribution in [2.75, 3.05) is 13.1 Å². The maximum atomic E-state index is 10.9. The average molecular weight is 357 g/mol. The quantitative estimate of drug-likeness (QED) is 0.751. The van der Waals surface area contributed by atoms with Crippen molar-refractivity contribution in [3.63, 3.8) is 0 Å². The molecule has 0 bridgehead atoms. The van der Waals surface area contributed by atoms with Gasteiger partial charge in [0.2, 0.25) is 0 Å². The standard InChI is InChI=1S/C19H27N5O2/c1-4-23(12-19(25)26)16-9-15(10-16)21-11-17-13(2)22-24(14(17)3)18-7-5-6-8-20-18/h5-8,15-16,21H,4,9-12H2,1-3H3,(H,25,26). The number of carbonyl (C=O) groups is 1. The molecule has 2 aromatic heterocycles. The largest absolute Gasteiger partial charge is 0.480 e. The lowest BCUT2D eigenvalue weighted by Crippen LogP contribution is -2.53. The Morgan fingerprint density at radius 3 is 2.77 bits per heavy atom. The SMILES string of the molecule is CCN(CC(=O)O)C1CC(NCc2c(C)nn(-c3ccccn3)c2C)C1. The zero-order valence-electron chi connectivity index (χ0n) is 15.6. The lowest BCUT2D eigenvalue weighted by molar-refractivity contribution is -0.139. The number of aliphatic carboxylic acids is 1. The molecule has 1 aliphatic rings. The Hall–Kier alpha value is -2.25. The minimum atomic E-state index is -0.753. The molecular formula is C19H27N5O2. The number of aromatic nitrogens is 3. The molecule has 0 unspecified atom stereocenters. The first kappa shape index (κ1) is 18.5. The van der Waals surface area contributed by atoms with Gasteiger partial charge in [0.1, 0.15) is 0 Å². The molecule has 140 valence electrons. The van der Waals surface area contributed by atoms with Crippen LogP contribution in [0.15, 0.2) is 24.4 Å². The minimum Gasteiger partial charge on any atom is -0.480 e. The van der Waals surface area contributed by atoms with E-state index in [0.29, 0.717) is 12.1 Å². The number of rotatable bonds is 8. The lowest BCUT2D eigenvalue weighted by Gasteiger charge is -2.42. The highest BCUT2D eigenvalue weighted by atomic mass is 16.4. The molecule has 0 radical (unpaired) electrons. The molecule has 26 heavy (non-hydrogen) atoms. The van der Waals surface area contributed by atoms with E-state index in [2.05, 4.69) is 22.3 Å². The predicted octanol–water partition coefficient (Wildman–Crippen LogP) is 1.91. The van der Waals surface area contributed by atoms with E-state index < -0.39 is 5.97 Å². The van der Waals surface area contributed by atoms with Crippen LogP contribution in [-0.4, -0.2) is 55.9 Å². The number of likely N-dealkylation sites (N-methyl/N-ethyl adjacent to an activating group) is 1. The van der Waals surface area contributed by atoms with Crippen molar-refractivity contribution in [2.24, 2.45) is 0 Å². The molecule has 0 atom stereocenters. The molecule has 7 nitrogen and oxygen atoms in total. The smallest absolute Gasteiger partial charge is 0.317 e. The van der Waals surface area contributed by atoms with Crippen molar-refractivity contribution >= 4 is 5.97 Å². The summed E-state index contributed by atoms with van der Waals surface area (Å²) in [5.41, 5.74) is 3.32. The van der Waals surface area contributed by atoms with Crippen LogP contribution in [0.2, 0.25) is 0 Å². The second kappa shape index (κ2) is 7.97. The van der Waals surface area contributed by atoms with Crippen LogP contribution in [0, 0.1) is 13.8 Å². The minimum absolute atomic E-state index is 0.128. The summed E-state index contributed by atoms with van der Waals surface area (Å²) in [5, 5.41) is 17.2. The van der Waals surface area contributed by atoms with Crippen LogP contribution in [-0.2, 0) is 11.3 Å². The van der Waals surface area contributed by atoms with E-state index in [4.69, 9.17) is 5.11 Å². The molecule has 0 saturated heterocycles. The number of hydrogen-bond donors (Lipinski definition) is 2. The average Bonchev–Trinajstić information content (AvgIpc) is 2.87. The Morgan fingerprint density at radius 1 is 1.38 bits per heavy atom. The van der Waals surface area contributed by atoms with Gasteiger partial charge in [0.05, 0.1) is 12.2 Å². The molecule has 3 rings (SSSR count). The van der Waals surface area contributed by atoms with Gasteiger partial charge >= 0.3 is 5.97 Å². The summed E-state index contributed by atoms with van der Waals surface area (Å²) in [6.07, 6.45) is 3.76. The molecule has 0 aliphatic heterocycles. The Bertz CT molecular complexity index is 753. The number of pyridine rings is 1. The van der Waals surface area contributed by atoms with Gasteiger partial charge in [-0.1, -0.05) is 13.0 Å². The van der Waals surface area contributed by atoms with E-state index in [1.807, 2.05) is 41.6 Å². The number of carboxylic acids is 1. The highest BCUT2D eigenvalue weighted by molar-refractivity contribution is 5.69. The first-order valence-corrected chi connectivity index (χ1v) is 9.15. The highest BCUT2D eigenvalue weighted by Gasteiger charge is 2.33. The van der Waals surface area contributed by atoms with Gasteiger partial charge in [0.25, 0.3) is 0 Å². The van der Waals surface area contributed by atoms with Crippen LogP contribution < -0.4 is 5.32 Å². The predicted molar refractivity (Wildman–Crippen MR) is 99.4 cm³/mol. The van der Waals surface area contributed by atoms with Crippen molar-refractivity contribution in [1.82, 2.24) is 25.0 Å². The van der Waals surface area contributed by atoms with Gasteiger partial charge in [-0.05, 0) is 45.4 Å². The zero-order valence-corrected chi connectivity index (χ0v) is 15.6. The maximum Gasteiger partial charge on any atom is 0.317 e. The van der Waals surface area contributed by atoms with E-state index >= 15 is 0 Å². The van der Waals surface area contributed by atoms with Crippen molar-refractivity contribution in [2.45, 2.75) is 52.2 Å². The van der Waals surface area contributed by atoms with Crippen LogP contribution in [0.3, 0.4) is 0 Å². The Labute approximate surface area is 154 Å². The van der Waals surface area contributed by atoms with E-state index in [1.54, 1.807) is 6.20 Å². The third-order valence-corrected chi connectivity index (χ3v) is 5.25. The zero-order chi connectivity index (χ0) is 18.7. The summed E-state index contributed by atoms with van der Waals surface area (Å²) in [7, 11) is 0. The molecule has 0 spiro atoms. The van der Waals surface area contributed by atoms with E-state index in [0.717, 1.165) is 43.1 Å². The molecule has 1 fully saturated rings. The third kappa shape index (κ3) is 3.94. The van der Waals surface area contributed by atoms with Crippen molar-refractivity contribution in [1.29, 1.82) is 0 Å². The molecule has 7 heteroatoms. The number of nitrogens with zero attached hydrogens (tertiary/aromatic N) is 4. The number of nitrogens with one attached hydrogen (secondary N) is 1. The highest BCUT2D eigenvalue weighted by Crippen LogP contribution is 2.26. The van der Waals surface area contributed by atoms with Gasteiger partial charge in [-0.2, -0.15) is 5.10 Å². The second-order valence-corrected chi connectivity index (χ2v) is 6.91. The molecule has 2 heterocycles. The van der Waals surface area contributed by atoms with Crippen LogP contribution in [0.1, 0.15) is 36.7 Å². The van der Waals surface area contributed by atoms with Gasteiger partial charge in [0.15, 0.2) is 5.82 Å². The summed E-state index contributed by atoms with van der Waals surface area (Å²) in [6, 6.07) is 6.61. The van der Waals surface area contributed by atoms with E-state index in [-0.39, 0.29) is 6.54 Å². The fourth-order valence-electron chi connectivity index (χ4n) is 3.60. The molecule has 1 aliphatic carbocycles. The number of carboxylic acid groups (broad SMARTS) is 1. The molecule has 0 amide bonds. The summed E-state index contributed by atoms with van der Waals surface area (Å²) in [4.78, 5) is 17.3. The monoisotopic (exact) mass is 357 g/mol. The topological polar surface area (TPSA) is 83.3 Å². The Morgan fingerprint density at radius 2 is 2.15 bits per heavy atom. The normalized spacial score (nSPS) is 19.5. The molecular weight excluding hydrogens is 330 g/mol. The third-order valence-electron chi connectivity index (χ3n) is 5.25.